The van der Waals surface area contributed by atoms with Crippen molar-refractivity contribution in [2.45, 2.75) is 45.2 Å². The van der Waals surface area contributed by atoms with E-state index in [1.54, 1.807) is 11.8 Å². The maximum absolute atomic E-state index is 4.49. The number of hydrogen-bond acceptors (Lipinski definition) is 4. The van der Waals surface area contributed by atoms with E-state index >= 15 is 0 Å². The summed E-state index contributed by atoms with van der Waals surface area (Å²) in [5, 5.41) is 0.923. The molecular weight excluding hydrogens is 236 g/mol. The summed E-state index contributed by atoms with van der Waals surface area (Å²) in [6.07, 6.45) is 3.68. The quantitative estimate of drug-likeness (QED) is 0.364. The minimum absolute atomic E-state index is 0.923. The van der Waals surface area contributed by atoms with Crippen molar-refractivity contribution in [3.8, 4) is 0 Å². The van der Waals surface area contributed by atoms with Crippen LogP contribution in [0, 0.1) is 20.8 Å². The molecule has 1 aromatic heterocycles. The third-order valence-corrected chi connectivity index (χ3v) is 3.90. The largest absolute Gasteiger partial charge is 0.228 e. The van der Waals surface area contributed by atoms with Crippen LogP contribution in [-0.2, 0) is 0 Å². The van der Waals surface area contributed by atoms with Gasteiger partial charge in [0, 0.05) is 17.1 Å². The molecule has 2 nitrogen and oxygen atoms in total. The van der Waals surface area contributed by atoms with E-state index in [0.717, 1.165) is 28.0 Å². The maximum Gasteiger partial charge on any atom is 0.187 e. The van der Waals surface area contributed by atoms with Gasteiger partial charge in [0.1, 0.15) is 0 Å². The zero-order valence-corrected chi connectivity index (χ0v) is 12.0. The minimum atomic E-state index is 0.923. The van der Waals surface area contributed by atoms with Gasteiger partial charge in [-0.1, -0.05) is 18.2 Å². The highest BCUT2D eigenvalue weighted by molar-refractivity contribution is 7.99. The Balaban J connectivity index is 2.43. The van der Waals surface area contributed by atoms with Crippen LogP contribution in [0.3, 0.4) is 0 Å². The van der Waals surface area contributed by atoms with E-state index in [-0.39, 0.29) is 0 Å². The molecule has 0 aromatic carbocycles. The van der Waals surface area contributed by atoms with Crippen LogP contribution in [0.25, 0.3) is 0 Å². The number of thioether (sulfide) groups is 1. The van der Waals surface area contributed by atoms with Gasteiger partial charge in [-0.05, 0) is 44.9 Å². The van der Waals surface area contributed by atoms with Crippen molar-refractivity contribution in [2.75, 3.05) is 11.5 Å². The van der Waals surface area contributed by atoms with Gasteiger partial charge >= 0.3 is 0 Å². The number of hydrogen-bond donors (Lipinski definition) is 1. The van der Waals surface area contributed by atoms with E-state index in [1.165, 1.54) is 24.8 Å². The number of rotatable bonds is 6. The summed E-state index contributed by atoms with van der Waals surface area (Å²) in [5.74, 6) is 2.10. The highest BCUT2D eigenvalue weighted by atomic mass is 32.2. The Kier molecular flexibility index (Phi) is 6.21. The van der Waals surface area contributed by atoms with E-state index in [4.69, 9.17) is 0 Å². The Morgan fingerprint density at radius 2 is 1.62 bits per heavy atom. The van der Waals surface area contributed by atoms with Crippen molar-refractivity contribution in [1.29, 1.82) is 0 Å². The number of thiol groups is 1. The highest BCUT2D eigenvalue weighted by Crippen LogP contribution is 2.18. The van der Waals surface area contributed by atoms with Gasteiger partial charge in [-0.15, -0.1) is 0 Å². The molecule has 0 aliphatic rings. The van der Waals surface area contributed by atoms with E-state index in [2.05, 4.69) is 43.4 Å². The van der Waals surface area contributed by atoms with Crippen molar-refractivity contribution in [2.24, 2.45) is 0 Å². The number of nitrogens with zero attached hydrogens (tertiary/aromatic N) is 2. The number of aromatic nitrogens is 2. The van der Waals surface area contributed by atoms with Gasteiger partial charge in [0.05, 0.1) is 0 Å². The molecule has 1 rings (SSSR count). The third-order valence-electron chi connectivity index (χ3n) is 2.65. The maximum atomic E-state index is 4.49. The van der Waals surface area contributed by atoms with Gasteiger partial charge < -0.3 is 0 Å². The molecule has 0 unspecified atom stereocenters. The first-order chi connectivity index (χ1) is 7.65. The highest BCUT2D eigenvalue weighted by Gasteiger charge is 2.04. The van der Waals surface area contributed by atoms with Crippen molar-refractivity contribution >= 4 is 24.4 Å². The fraction of sp³-hybridized carbons (Fsp3) is 0.667. The molecule has 0 amide bonds. The van der Waals surface area contributed by atoms with Crippen LogP contribution in [0.4, 0.5) is 0 Å². The number of aryl methyl sites for hydroxylation is 2. The third kappa shape index (κ3) is 4.34. The van der Waals surface area contributed by atoms with Crippen LogP contribution in [0.15, 0.2) is 5.16 Å². The van der Waals surface area contributed by atoms with E-state index in [1.807, 2.05) is 0 Å². The summed E-state index contributed by atoms with van der Waals surface area (Å²) in [5.41, 5.74) is 3.41. The minimum Gasteiger partial charge on any atom is -0.228 e. The van der Waals surface area contributed by atoms with Crippen LogP contribution in [0.1, 0.15) is 36.2 Å². The van der Waals surface area contributed by atoms with Crippen LogP contribution in [-0.4, -0.2) is 21.5 Å². The molecule has 0 spiro atoms. The summed E-state index contributed by atoms with van der Waals surface area (Å²) in [7, 11) is 0. The lowest BCUT2D eigenvalue weighted by molar-refractivity contribution is 0.784. The lowest BCUT2D eigenvalue weighted by Crippen LogP contribution is -1.98. The zero-order valence-electron chi connectivity index (χ0n) is 10.3. The molecule has 90 valence electrons. The van der Waals surface area contributed by atoms with Crippen LogP contribution in [0.5, 0.6) is 0 Å². The topological polar surface area (TPSA) is 25.8 Å². The first-order valence-corrected chi connectivity index (χ1v) is 7.32. The molecule has 16 heavy (non-hydrogen) atoms. The van der Waals surface area contributed by atoms with Crippen molar-refractivity contribution in [1.82, 2.24) is 9.97 Å². The molecular formula is C12H20N2S2. The molecule has 0 saturated carbocycles. The molecule has 0 fully saturated rings. The normalized spacial score (nSPS) is 10.8. The number of unbranched alkanes of at least 4 members (excludes halogenated alkanes) is 2. The Morgan fingerprint density at radius 3 is 2.19 bits per heavy atom. The van der Waals surface area contributed by atoms with Crippen molar-refractivity contribution in [3.63, 3.8) is 0 Å². The predicted octanol–water partition coefficient (Wildman–Crippen LogP) is 3.59. The van der Waals surface area contributed by atoms with Crippen molar-refractivity contribution < 1.29 is 0 Å². The summed E-state index contributed by atoms with van der Waals surface area (Å²) < 4.78 is 0. The van der Waals surface area contributed by atoms with Gasteiger partial charge in [0.2, 0.25) is 0 Å². The van der Waals surface area contributed by atoms with Crippen LogP contribution < -0.4 is 0 Å². The van der Waals surface area contributed by atoms with Gasteiger partial charge in [-0.2, -0.15) is 12.6 Å². The lowest BCUT2D eigenvalue weighted by Gasteiger charge is -2.06. The predicted molar refractivity (Wildman–Crippen MR) is 74.7 cm³/mol. The van der Waals surface area contributed by atoms with E-state index in [9.17, 15) is 0 Å². The zero-order chi connectivity index (χ0) is 12.0. The fourth-order valence-corrected chi connectivity index (χ4v) is 2.52. The van der Waals surface area contributed by atoms with E-state index in [0.29, 0.717) is 0 Å². The second-order valence-electron chi connectivity index (χ2n) is 3.93. The van der Waals surface area contributed by atoms with Crippen LogP contribution in [0.2, 0.25) is 0 Å². The Bertz CT molecular complexity index is 317. The second-order valence-corrected chi connectivity index (χ2v) is 5.44. The average molecular weight is 256 g/mol. The van der Waals surface area contributed by atoms with Crippen molar-refractivity contribution in [3.05, 3.63) is 17.0 Å². The van der Waals surface area contributed by atoms with Gasteiger partial charge in [-0.3, -0.25) is 0 Å². The van der Waals surface area contributed by atoms with E-state index < -0.39 is 0 Å². The SMILES string of the molecule is Cc1nc(SCCCCCS)nc(C)c1C. The molecule has 0 N–H and O–H groups in total. The molecule has 0 aliphatic heterocycles. The summed E-state index contributed by atoms with van der Waals surface area (Å²) in [4.78, 5) is 8.98. The smallest absolute Gasteiger partial charge is 0.187 e. The first-order valence-electron chi connectivity index (χ1n) is 5.70. The molecule has 0 bridgehead atoms. The molecule has 4 heteroatoms. The average Bonchev–Trinajstić information content (AvgIpc) is 2.25. The summed E-state index contributed by atoms with van der Waals surface area (Å²) in [6.45, 7) is 6.18. The molecule has 0 atom stereocenters. The lowest BCUT2D eigenvalue weighted by atomic mass is 10.2. The standard InChI is InChI=1S/C12H20N2S2/c1-9-10(2)13-12(14-11(9)3)16-8-6-4-5-7-15/h15H,4-8H2,1-3H3. The molecule has 1 aromatic rings. The Labute approximate surface area is 108 Å². The first kappa shape index (κ1) is 13.8. The molecule has 0 radical (unpaired) electrons. The van der Waals surface area contributed by atoms with Gasteiger partial charge in [-0.25, -0.2) is 9.97 Å². The monoisotopic (exact) mass is 256 g/mol. The fourth-order valence-electron chi connectivity index (χ4n) is 1.36. The van der Waals surface area contributed by atoms with Gasteiger partial charge in [0.25, 0.3) is 0 Å². The molecule has 0 saturated heterocycles. The Hall–Kier alpha value is -0.220. The molecule has 0 aliphatic carbocycles. The van der Waals surface area contributed by atoms with Crippen LogP contribution >= 0.6 is 24.4 Å². The summed E-state index contributed by atoms with van der Waals surface area (Å²) in [6, 6.07) is 0. The summed E-state index contributed by atoms with van der Waals surface area (Å²) >= 11 is 5.96. The second kappa shape index (κ2) is 7.17. The Morgan fingerprint density at radius 1 is 1.00 bits per heavy atom. The molecule has 1 heterocycles. The van der Waals surface area contributed by atoms with Gasteiger partial charge in [0.15, 0.2) is 5.16 Å².